The molecule has 1 fully saturated rings. The Hall–Kier alpha value is -0.710. The second-order valence-corrected chi connectivity index (χ2v) is 6.01. The van der Waals surface area contributed by atoms with Crippen molar-refractivity contribution >= 4 is 11.8 Å². The van der Waals surface area contributed by atoms with E-state index in [4.69, 9.17) is 10.6 Å². The van der Waals surface area contributed by atoms with Gasteiger partial charge in [-0.2, -0.15) is 11.8 Å². The summed E-state index contributed by atoms with van der Waals surface area (Å²) in [6.07, 6.45) is 3.74. The quantitative estimate of drug-likeness (QED) is 0.635. The van der Waals surface area contributed by atoms with Gasteiger partial charge in [0.2, 0.25) is 0 Å². The number of nitrogens with one attached hydrogen (secondary N) is 1. The third-order valence-corrected chi connectivity index (χ3v) is 4.66. The second kappa shape index (κ2) is 7.02. The zero-order valence-electron chi connectivity index (χ0n) is 10.9. The van der Waals surface area contributed by atoms with Gasteiger partial charge < -0.3 is 4.74 Å². The molecular formula is C14H22N2OS. The Morgan fingerprint density at radius 2 is 2.22 bits per heavy atom. The fourth-order valence-electron chi connectivity index (χ4n) is 2.47. The van der Waals surface area contributed by atoms with Crippen LogP contribution in [0, 0.1) is 5.92 Å². The first-order valence-corrected chi connectivity index (χ1v) is 7.66. The molecule has 18 heavy (non-hydrogen) atoms. The van der Waals surface area contributed by atoms with E-state index in [0.29, 0.717) is 0 Å². The Morgan fingerprint density at radius 1 is 1.44 bits per heavy atom. The van der Waals surface area contributed by atoms with E-state index in [0.717, 1.165) is 18.1 Å². The third-order valence-electron chi connectivity index (χ3n) is 3.61. The molecule has 0 amide bonds. The van der Waals surface area contributed by atoms with Crippen molar-refractivity contribution in [3.05, 3.63) is 29.8 Å². The molecule has 1 atom stereocenters. The van der Waals surface area contributed by atoms with Gasteiger partial charge >= 0.3 is 0 Å². The Labute approximate surface area is 113 Å². The summed E-state index contributed by atoms with van der Waals surface area (Å²) < 4.78 is 5.27. The van der Waals surface area contributed by atoms with Gasteiger partial charge in [0.25, 0.3) is 0 Å². The molecule has 3 nitrogen and oxygen atoms in total. The lowest BCUT2D eigenvalue weighted by Gasteiger charge is -2.26. The van der Waals surface area contributed by atoms with Gasteiger partial charge in [0.05, 0.1) is 7.11 Å². The van der Waals surface area contributed by atoms with E-state index in [2.05, 4.69) is 29.3 Å². The molecular weight excluding hydrogens is 244 g/mol. The highest BCUT2D eigenvalue weighted by Gasteiger charge is 2.19. The molecule has 0 spiro atoms. The van der Waals surface area contributed by atoms with Crippen LogP contribution < -0.4 is 16.0 Å². The minimum Gasteiger partial charge on any atom is -0.497 e. The van der Waals surface area contributed by atoms with Crippen molar-refractivity contribution in [3.63, 3.8) is 0 Å². The molecule has 4 heteroatoms. The monoisotopic (exact) mass is 266 g/mol. The van der Waals surface area contributed by atoms with E-state index in [1.807, 2.05) is 12.1 Å². The summed E-state index contributed by atoms with van der Waals surface area (Å²) in [7, 11) is 1.70. The minimum atomic E-state index is 0.230. The van der Waals surface area contributed by atoms with Crippen LogP contribution in [0.25, 0.3) is 0 Å². The van der Waals surface area contributed by atoms with E-state index < -0.39 is 0 Å². The number of hydrogen-bond donors (Lipinski definition) is 2. The Morgan fingerprint density at radius 3 is 2.89 bits per heavy atom. The number of hydrazine groups is 1. The van der Waals surface area contributed by atoms with Gasteiger partial charge in [0.15, 0.2) is 0 Å². The highest BCUT2D eigenvalue weighted by atomic mass is 32.2. The number of methoxy groups -OCH3 is 1. The number of ether oxygens (including phenoxy) is 1. The topological polar surface area (TPSA) is 47.3 Å². The van der Waals surface area contributed by atoms with Gasteiger partial charge in [0.1, 0.15) is 5.75 Å². The van der Waals surface area contributed by atoms with Crippen LogP contribution in [0.2, 0.25) is 0 Å². The van der Waals surface area contributed by atoms with E-state index in [1.165, 1.54) is 29.9 Å². The molecule has 1 aromatic carbocycles. The van der Waals surface area contributed by atoms with Crippen LogP contribution in [0.3, 0.4) is 0 Å². The molecule has 0 aromatic heterocycles. The standard InChI is InChI=1S/C14H22N2OS/c1-17-13-4-2-3-12(10-13)14(16-15)9-11-5-7-18-8-6-11/h2-4,10-11,14,16H,5-9,15H2,1H3. The van der Waals surface area contributed by atoms with E-state index in [9.17, 15) is 0 Å². The van der Waals surface area contributed by atoms with Gasteiger partial charge in [-0.15, -0.1) is 0 Å². The molecule has 2 rings (SSSR count). The lowest BCUT2D eigenvalue weighted by molar-refractivity contribution is 0.371. The first-order valence-electron chi connectivity index (χ1n) is 6.51. The first-order chi connectivity index (χ1) is 8.83. The van der Waals surface area contributed by atoms with E-state index in [-0.39, 0.29) is 6.04 Å². The van der Waals surface area contributed by atoms with Crippen LogP contribution in [0.4, 0.5) is 0 Å². The Kier molecular flexibility index (Phi) is 5.35. The molecule has 1 aliphatic heterocycles. The maximum atomic E-state index is 5.72. The highest BCUT2D eigenvalue weighted by Crippen LogP contribution is 2.31. The van der Waals surface area contributed by atoms with E-state index in [1.54, 1.807) is 7.11 Å². The van der Waals surface area contributed by atoms with Crippen molar-refractivity contribution in [1.82, 2.24) is 5.43 Å². The molecule has 1 aromatic rings. The van der Waals surface area contributed by atoms with Gasteiger partial charge in [-0.05, 0) is 54.4 Å². The molecule has 0 aliphatic carbocycles. The fourth-order valence-corrected chi connectivity index (χ4v) is 3.68. The van der Waals surface area contributed by atoms with Crippen LogP contribution in [0.5, 0.6) is 5.75 Å². The predicted octanol–water partition coefficient (Wildman–Crippen LogP) is 2.73. The summed E-state index contributed by atoms with van der Waals surface area (Å²) in [4.78, 5) is 0. The van der Waals surface area contributed by atoms with Gasteiger partial charge in [0, 0.05) is 6.04 Å². The van der Waals surface area contributed by atoms with Crippen molar-refractivity contribution in [1.29, 1.82) is 0 Å². The number of hydrogen-bond acceptors (Lipinski definition) is 4. The average Bonchev–Trinajstić information content (AvgIpc) is 2.46. The molecule has 1 heterocycles. The Bertz CT molecular complexity index is 367. The van der Waals surface area contributed by atoms with Gasteiger partial charge in [-0.1, -0.05) is 12.1 Å². The summed E-state index contributed by atoms with van der Waals surface area (Å²) in [5, 5.41) is 0. The van der Waals surface area contributed by atoms with Crippen LogP contribution in [0.15, 0.2) is 24.3 Å². The van der Waals surface area contributed by atoms with Crippen molar-refractivity contribution in [2.75, 3.05) is 18.6 Å². The zero-order valence-corrected chi connectivity index (χ0v) is 11.7. The van der Waals surface area contributed by atoms with Crippen molar-refractivity contribution in [2.24, 2.45) is 11.8 Å². The maximum Gasteiger partial charge on any atom is 0.119 e. The smallest absolute Gasteiger partial charge is 0.119 e. The van der Waals surface area contributed by atoms with Gasteiger partial charge in [-0.3, -0.25) is 11.3 Å². The predicted molar refractivity (Wildman–Crippen MR) is 77.7 cm³/mol. The van der Waals surface area contributed by atoms with Gasteiger partial charge in [-0.25, -0.2) is 0 Å². The zero-order chi connectivity index (χ0) is 12.8. The molecule has 100 valence electrons. The average molecular weight is 266 g/mol. The third kappa shape index (κ3) is 3.64. The number of nitrogens with two attached hydrogens (primary N) is 1. The van der Waals surface area contributed by atoms with Crippen molar-refractivity contribution < 1.29 is 4.74 Å². The number of rotatable bonds is 5. The van der Waals surface area contributed by atoms with Crippen LogP contribution in [0.1, 0.15) is 30.9 Å². The number of thioether (sulfide) groups is 1. The summed E-state index contributed by atoms with van der Waals surface area (Å²) >= 11 is 2.06. The molecule has 0 radical (unpaired) electrons. The van der Waals surface area contributed by atoms with Crippen LogP contribution in [-0.2, 0) is 0 Å². The lowest BCUT2D eigenvalue weighted by Crippen LogP contribution is -2.30. The van der Waals surface area contributed by atoms with Crippen LogP contribution >= 0.6 is 11.8 Å². The second-order valence-electron chi connectivity index (χ2n) is 4.79. The van der Waals surface area contributed by atoms with Crippen molar-refractivity contribution in [3.8, 4) is 5.75 Å². The summed E-state index contributed by atoms with van der Waals surface area (Å²) in [6.45, 7) is 0. The highest BCUT2D eigenvalue weighted by molar-refractivity contribution is 7.99. The molecule has 1 saturated heterocycles. The molecule has 0 saturated carbocycles. The summed E-state index contributed by atoms with van der Waals surface area (Å²) in [6, 6.07) is 8.41. The van der Waals surface area contributed by atoms with Crippen molar-refractivity contribution in [2.45, 2.75) is 25.3 Å². The fraction of sp³-hybridized carbons (Fsp3) is 0.571. The number of benzene rings is 1. The molecule has 1 aliphatic rings. The molecule has 3 N–H and O–H groups in total. The maximum absolute atomic E-state index is 5.72. The molecule has 0 bridgehead atoms. The normalized spacial score (nSPS) is 18.6. The molecule has 1 unspecified atom stereocenters. The summed E-state index contributed by atoms with van der Waals surface area (Å²) in [5.74, 6) is 9.99. The summed E-state index contributed by atoms with van der Waals surface area (Å²) in [5.41, 5.74) is 4.17. The Balaban J connectivity index is 2.02. The first kappa shape index (κ1) is 13.7. The minimum absolute atomic E-state index is 0.230. The largest absolute Gasteiger partial charge is 0.497 e. The van der Waals surface area contributed by atoms with E-state index >= 15 is 0 Å². The van der Waals surface area contributed by atoms with Crippen LogP contribution in [-0.4, -0.2) is 18.6 Å². The lowest BCUT2D eigenvalue weighted by atomic mass is 9.91. The SMILES string of the molecule is COc1cccc(C(CC2CCSCC2)NN)c1.